The molecular weight excluding hydrogens is 284 g/mol. The van der Waals surface area contributed by atoms with Crippen molar-refractivity contribution in [2.45, 2.75) is 0 Å². The summed E-state index contributed by atoms with van der Waals surface area (Å²) in [5.74, 6) is -1.08. The Kier molecular flexibility index (Phi) is 4.97. The number of carboxylic acids is 1. The molecular formula is C15H14N4O3. The minimum Gasteiger partial charge on any atom is -0.478 e. The van der Waals surface area contributed by atoms with Gasteiger partial charge in [-0.25, -0.2) is 4.79 Å². The van der Waals surface area contributed by atoms with Crippen molar-refractivity contribution in [2.24, 2.45) is 0 Å². The van der Waals surface area contributed by atoms with Crippen molar-refractivity contribution in [1.29, 1.82) is 10.5 Å². The second-order valence-electron chi connectivity index (χ2n) is 4.56. The summed E-state index contributed by atoms with van der Waals surface area (Å²) in [4.78, 5) is 13.4. The Bertz CT molecular complexity index is 663. The maximum absolute atomic E-state index is 11.3. The Balaban J connectivity index is 2.32. The summed E-state index contributed by atoms with van der Waals surface area (Å²) in [6.07, 6.45) is 1.20. The highest BCUT2D eigenvalue weighted by molar-refractivity contribution is 5.95. The van der Waals surface area contributed by atoms with Crippen molar-refractivity contribution in [1.82, 2.24) is 0 Å². The number of hydrogen-bond acceptors (Lipinski definition) is 6. The molecule has 1 aliphatic rings. The number of ether oxygens (including phenoxy) is 1. The van der Waals surface area contributed by atoms with Gasteiger partial charge in [0, 0.05) is 25.0 Å². The molecule has 1 aromatic rings. The molecule has 0 radical (unpaired) electrons. The van der Waals surface area contributed by atoms with E-state index in [1.54, 1.807) is 24.3 Å². The van der Waals surface area contributed by atoms with Crippen molar-refractivity contribution in [3.63, 3.8) is 0 Å². The van der Waals surface area contributed by atoms with Gasteiger partial charge in [-0.15, -0.1) is 0 Å². The van der Waals surface area contributed by atoms with Crippen molar-refractivity contribution in [2.75, 3.05) is 36.5 Å². The molecule has 1 saturated heterocycles. The summed E-state index contributed by atoms with van der Waals surface area (Å²) in [7, 11) is 0. The van der Waals surface area contributed by atoms with Gasteiger partial charge in [0.25, 0.3) is 0 Å². The predicted molar refractivity (Wildman–Crippen MR) is 79.4 cm³/mol. The molecule has 1 aliphatic heterocycles. The number of anilines is 2. The standard InChI is InChI=1S/C15H14N4O3/c16-8-11(9-17)10-18-14-7-12(1-2-13(14)15(20)21)19-3-5-22-6-4-19/h1-2,7,10,18H,3-6H2,(H,20,21). The van der Waals surface area contributed by atoms with E-state index in [4.69, 9.17) is 15.3 Å². The summed E-state index contributed by atoms with van der Waals surface area (Å²) >= 11 is 0. The van der Waals surface area contributed by atoms with Crippen LogP contribution in [0.2, 0.25) is 0 Å². The van der Waals surface area contributed by atoms with Crippen LogP contribution in [0.3, 0.4) is 0 Å². The van der Waals surface area contributed by atoms with Crippen LogP contribution in [0.25, 0.3) is 0 Å². The van der Waals surface area contributed by atoms with Gasteiger partial charge in [0.2, 0.25) is 0 Å². The number of aromatic carboxylic acids is 1. The van der Waals surface area contributed by atoms with Crippen LogP contribution < -0.4 is 10.2 Å². The first-order chi connectivity index (χ1) is 10.7. The highest BCUT2D eigenvalue weighted by Crippen LogP contribution is 2.25. The van der Waals surface area contributed by atoms with Crippen molar-refractivity contribution in [3.8, 4) is 12.1 Å². The Hall–Kier alpha value is -3.03. The minimum atomic E-state index is -1.08. The van der Waals surface area contributed by atoms with Crippen LogP contribution in [0.15, 0.2) is 30.0 Å². The maximum atomic E-state index is 11.3. The topological polar surface area (TPSA) is 109 Å². The largest absolute Gasteiger partial charge is 0.478 e. The molecule has 1 aromatic carbocycles. The molecule has 0 spiro atoms. The van der Waals surface area contributed by atoms with E-state index in [2.05, 4.69) is 10.2 Å². The summed E-state index contributed by atoms with van der Waals surface area (Å²) in [5.41, 5.74) is 1.13. The molecule has 112 valence electrons. The lowest BCUT2D eigenvalue weighted by Crippen LogP contribution is -2.36. The van der Waals surface area contributed by atoms with Gasteiger partial charge in [-0.05, 0) is 18.2 Å². The summed E-state index contributed by atoms with van der Waals surface area (Å²) in [6.45, 7) is 2.69. The first-order valence-corrected chi connectivity index (χ1v) is 6.62. The smallest absolute Gasteiger partial charge is 0.337 e. The zero-order valence-electron chi connectivity index (χ0n) is 11.7. The van der Waals surface area contributed by atoms with Crippen LogP contribution in [0.1, 0.15) is 10.4 Å². The summed E-state index contributed by atoms with van der Waals surface area (Å²) < 4.78 is 5.29. The first kappa shape index (κ1) is 15.4. The molecule has 7 nitrogen and oxygen atoms in total. The number of carbonyl (C=O) groups is 1. The zero-order valence-corrected chi connectivity index (χ0v) is 11.7. The molecule has 0 aromatic heterocycles. The third-order valence-corrected chi connectivity index (χ3v) is 3.22. The van der Waals surface area contributed by atoms with E-state index >= 15 is 0 Å². The van der Waals surface area contributed by atoms with E-state index < -0.39 is 5.97 Å². The van der Waals surface area contributed by atoms with Crippen LogP contribution in [-0.2, 0) is 4.74 Å². The number of benzene rings is 1. The van der Waals surface area contributed by atoms with E-state index in [1.165, 1.54) is 12.3 Å². The van der Waals surface area contributed by atoms with Gasteiger partial charge in [0.05, 0.1) is 24.5 Å². The Morgan fingerprint density at radius 1 is 1.32 bits per heavy atom. The number of nitrogens with one attached hydrogen (secondary N) is 1. The van der Waals surface area contributed by atoms with Crippen LogP contribution in [0, 0.1) is 22.7 Å². The summed E-state index contributed by atoms with van der Waals surface area (Å²) in [5, 5.41) is 29.4. The second kappa shape index (κ2) is 7.11. The molecule has 0 aliphatic carbocycles. The lowest BCUT2D eigenvalue weighted by atomic mass is 10.1. The second-order valence-corrected chi connectivity index (χ2v) is 4.56. The number of rotatable bonds is 4. The van der Waals surface area contributed by atoms with E-state index in [0.717, 1.165) is 18.8 Å². The van der Waals surface area contributed by atoms with Crippen LogP contribution in [-0.4, -0.2) is 37.4 Å². The van der Waals surface area contributed by atoms with Gasteiger partial charge in [-0.3, -0.25) is 0 Å². The molecule has 0 bridgehead atoms. The fourth-order valence-electron chi connectivity index (χ4n) is 2.10. The third kappa shape index (κ3) is 3.54. The predicted octanol–water partition coefficient (Wildman–Crippen LogP) is 1.56. The van der Waals surface area contributed by atoms with E-state index in [0.29, 0.717) is 18.9 Å². The van der Waals surface area contributed by atoms with Crippen LogP contribution in [0.4, 0.5) is 11.4 Å². The molecule has 7 heteroatoms. The lowest BCUT2D eigenvalue weighted by Gasteiger charge is -2.29. The highest BCUT2D eigenvalue weighted by Gasteiger charge is 2.15. The average molecular weight is 298 g/mol. The van der Waals surface area contributed by atoms with Crippen molar-refractivity contribution < 1.29 is 14.6 Å². The fraction of sp³-hybridized carbons (Fsp3) is 0.267. The zero-order chi connectivity index (χ0) is 15.9. The Morgan fingerprint density at radius 3 is 2.59 bits per heavy atom. The van der Waals surface area contributed by atoms with Gasteiger partial charge in [-0.2, -0.15) is 10.5 Å². The van der Waals surface area contributed by atoms with Crippen molar-refractivity contribution in [3.05, 3.63) is 35.5 Å². The molecule has 22 heavy (non-hydrogen) atoms. The quantitative estimate of drug-likeness (QED) is 0.812. The van der Waals surface area contributed by atoms with Crippen molar-refractivity contribution >= 4 is 17.3 Å². The van der Waals surface area contributed by atoms with E-state index in [-0.39, 0.29) is 11.1 Å². The van der Waals surface area contributed by atoms with Gasteiger partial charge in [-0.1, -0.05) is 0 Å². The Labute approximate surface area is 127 Å². The molecule has 2 rings (SSSR count). The van der Waals surface area contributed by atoms with E-state index in [9.17, 15) is 9.90 Å². The number of hydrogen-bond donors (Lipinski definition) is 2. The van der Waals surface area contributed by atoms with E-state index in [1.807, 2.05) is 0 Å². The number of morpholine rings is 1. The third-order valence-electron chi connectivity index (χ3n) is 3.22. The molecule has 0 saturated carbocycles. The SMILES string of the molecule is N#CC(C#N)=CNc1cc(N2CCOCC2)ccc1C(=O)O. The molecule has 1 heterocycles. The Morgan fingerprint density at radius 2 is 2.00 bits per heavy atom. The highest BCUT2D eigenvalue weighted by atomic mass is 16.5. The normalized spacial score (nSPS) is 13.6. The summed E-state index contributed by atoms with van der Waals surface area (Å²) in [6, 6.07) is 8.35. The molecule has 0 atom stereocenters. The molecule has 2 N–H and O–H groups in total. The number of nitriles is 2. The number of allylic oxidation sites excluding steroid dienone is 1. The first-order valence-electron chi connectivity index (χ1n) is 6.62. The average Bonchev–Trinajstić information content (AvgIpc) is 2.56. The molecule has 0 amide bonds. The van der Waals surface area contributed by atoms with Crippen LogP contribution in [0.5, 0.6) is 0 Å². The van der Waals surface area contributed by atoms with Gasteiger partial charge in [0.15, 0.2) is 0 Å². The van der Waals surface area contributed by atoms with Gasteiger partial charge < -0.3 is 20.1 Å². The number of nitrogens with zero attached hydrogens (tertiary/aromatic N) is 3. The van der Waals surface area contributed by atoms with Gasteiger partial charge >= 0.3 is 5.97 Å². The van der Waals surface area contributed by atoms with Crippen LogP contribution >= 0.6 is 0 Å². The molecule has 0 unspecified atom stereocenters. The molecule has 1 fully saturated rings. The minimum absolute atomic E-state index is 0.0727. The number of carboxylic acid groups (broad SMARTS) is 1. The monoisotopic (exact) mass is 298 g/mol. The van der Waals surface area contributed by atoms with Gasteiger partial charge in [0.1, 0.15) is 17.7 Å². The maximum Gasteiger partial charge on any atom is 0.337 e. The lowest BCUT2D eigenvalue weighted by molar-refractivity contribution is 0.0698. The fourth-order valence-corrected chi connectivity index (χ4v) is 2.10.